The number of anilines is 1. The van der Waals surface area contributed by atoms with E-state index < -0.39 is 39.1 Å². The molecular formula is C20H20N4O9. The van der Waals surface area contributed by atoms with E-state index in [1.165, 1.54) is 0 Å². The van der Waals surface area contributed by atoms with Gasteiger partial charge in [0.05, 0.1) is 34.7 Å². The van der Waals surface area contributed by atoms with Gasteiger partial charge in [-0.25, -0.2) is 4.79 Å². The Labute approximate surface area is 186 Å². The van der Waals surface area contributed by atoms with Gasteiger partial charge in [0.2, 0.25) is 5.90 Å². The summed E-state index contributed by atoms with van der Waals surface area (Å²) < 4.78 is 10.4. The molecule has 0 saturated heterocycles. The fourth-order valence-electron chi connectivity index (χ4n) is 2.63. The predicted octanol–water partition coefficient (Wildman–Crippen LogP) is 3.21. The SMILES string of the molecule is CCO/C(=N\Nc1ccc([N+](=O)[O-])cc1[N+](=O)[O-])C(CCOC(=O)c1ccccc1)C(=O)O. The molecule has 2 aromatic rings. The number of benzene rings is 2. The molecule has 0 aliphatic heterocycles. The van der Waals surface area contributed by atoms with Gasteiger partial charge in [-0.3, -0.25) is 30.4 Å². The van der Waals surface area contributed by atoms with E-state index in [-0.39, 0.29) is 31.2 Å². The van der Waals surface area contributed by atoms with Gasteiger partial charge in [-0.05, 0) is 25.1 Å². The maximum atomic E-state index is 12.0. The van der Waals surface area contributed by atoms with Gasteiger partial charge < -0.3 is 14.6 Å². The Morgan fingerprint density at radius 1 is 1.09 bits per heavy atom. The minimum Gasteiger partial charge on any atom is -0.481 e. The molecule has 174 valence electrons. The van der Waals surface area contributed by atoms with Gasteiger partial charge in [0, 0.05) is 12.5 Å². The predicted molar refractivity (Wildman–Crippen MR) is 115 cm³/mol. The van der Waals surface area contributed by atoms with Crippen molar-refractivity contribution >= 4 is 34.9 Å². The van der Waals surface area contributed by atoms with E-state index >= 15 is 0 Å². The highest BCUT2D eigenvalue weighted by atomic mass is 16.6. The van der Waals surface area contributed by atoms with Crippen molar-refractivity contribution in [2.24, 2.45) is 11.0 Å². The standard InChI is InChI=1S/C20H20N4O9/c1-2-32-18(22-21-16-9-8-14(23(28)29)12-17(16)24(30)31)15(19(25)26)10-11-33-20(27)13-6-4-3-5-7-13/h3-9,12,15,21H,2,10-11H2,1H3,(H,25,26)/b22-18-. The molecule has 1 atom stereocenters. The lowest BCUT2D eigenvalue weighted by atomic mass is 10.1. The number of aliphatic carboxylic acids is 1. The van der Waals surface area contributed by atoms with Crippen LogP contribution in [0.2, 0.25) is 0 Å². The number of carbonyl (C=O) groups is 2. The minimum absolute atomic E-state index is 0.0381. The Morgan fingerprint density at radius 2 is 1.79 bits per heavy atom. The fraction of sp³-hybridized carbons (Fsp3) is 0.250. The lowest BCUT2D eigenvalue weighted by Gasteiger charge is -2.16. The average Bonchev–Trinajstić information content (AvgIpc) is 2.79. The molecule has 0 aliphatic rings. The minimum atomic E-state index is -1.34. The number of hydrogen-bond acceptors (Lipinski definition) is 10. The van der Waals surface area contributed by atoms with E-state index in [0.29, 0.717) is 5.56 Å². The molecule has 0 spiro atoms. The highest BCUT2D eigenvalue weighted by molar-refractivity contribution is 5.97. The number of hydrazone groups is 1. The van der Waals surface area contributed by atoms with Gasteiger partial charge in [0.15, 0.2) is 0 Å². The zero-order valence-corrected chi connectivity index (χ0v) is 17.4. The van der Waals surface area contributed by atoms with Crippen LogP contribution < -0.4 is 5.43 Å². The number of esters is 1. The number of ether oxygens (including phenoxy) is 2. The Morgan fingerprint density at radius 3 is 2.36 bits per heavy atom. The second-order valence-electron chi connectivity index (χ2n) is 6.39. The molecule has 2 rings (SSSR count). The first-order valence-corrected chi connectivity index (χ1v) is 9.58. The quantitative estimate of drug-likeness (QED) is 0.166. The first-order valence-electron chi connectivity index (χ1n) is 9.58. The summed E-state index contributed by atoms with van der Waals surface area (Å²) in [7, 11) is 0. The first kappa shape index (κ1) is 24.7. The van der Waals surface area contributed by atoms with Gasteiger partial charge in [0.25, 0.3) is 5.69 Å². The monoisotopic (exact) mass is 460 g/mol. The number of hydrogen-bond donors (Lipinski definition) is 2. The van der Waals surface area contributed by atoms with Crippen LogP contribution in [-0.4, -0.2) is 46.0 Å². The molecule has 33 heavy (non-hydrogen) atoms. The van der Waals surface area contributed by atoms with Gasteiger partial charge in [0.1, 0.15) is 11.6 Å². The number of nitrogens with one attached hydrogen (secondary N) is 1. The molecule has 0 aromatic heterocycles. The van der Waals surface area contributed by atoms with Crippen molar-refractivity contribution in [2.75, 3.05) is 18.6 Å². The summed E-state index contributed by atoms with van der Waals surface area (Å²) in [6.07, 6.45) is -0.184. The van der Waals surface area contributed by atoms with Gasteiger partial charge in [-0.15, -0.1) is 5.10 Å². The molecule has 13 heteroatoms. The number of carboxylic acids is 1. The van der Waals surface area contributed by atoms with Crippen LogP contribution in [0.1, 0.15) is 23.7 Å². The van der Waals surface area contributed by atoms with Crippen molar-refractivity contribution in [1.82, 2.24) is 0 Å². The molecule has 0 saturated carbocycles. The van der Waals surface area contributed by atoms with Crippen LogP contribution in [0.15, 0.2) is 53.6 Å². The Kier molecular flexibility index (Phi) is 8.79. The van der Waals surface area contributed by atoms with E-state index in [1.807, 2.05) is 0 Å². The molecule has 0 bridgehead atoms. The molecule has 0 radical (unpaired) electrons. The zero-order chi connectivity index (χ0) is 24.4. The topological polar surface area (TPSA) is 183 Å². The summed E-state index contributed by atoms with van der Waals surface area (Å²) in [5.41, 5.74) is 1.30. The summed E-state index contributed by atoms with van der Waals surface area (Å²) in [5.74, 6) is -3.60. The van der Waals surface area contributed by atoms with E-state index in [4.69, 9.17) is 9.47 Å². The third-order valence-electron chi connectivity index (χ3n) is 4.21. The van der Waals surface area contributed by atoms with Crippen molar-refractivity contribution < 1.29 is 34.0 Å². The van der Waals surface area contributed by atoms with Gasteiger partial charge in [-0.1, -0.05) is 18.2 Å². The van der Waals surface area contributed by atoms with Gasteiger partial charge in [-0.2, -0.15) is 0 Å². The molecule has 2 N–H and O–H groups in total. The third-order valence-corrected chi connectivity index (χ3v) is 4.21. The number of nitrogens with zero attached hydrogens (tertiary/aromatic N) is 3. The molecule has 0 aliphatic carbocycles. The largest absolute Gasteiger partial charge is 0.481 e. The molecule has 0 amide bonds. The number of nitro groups is 2. The second-order valence-corrected chi connectivity index (χ2v) is 6.39. The number of non-ortho nitro benzene ring substituents is 1. The van der Waals surface area contributed by atoms with E-state index in [2.05, 4.69) is 10.5 Å². The maximum Gasteiger partial charge on any atom is 0.338 e. The number of carboxylic acid groups (broad SMARTS) is 1. The van der Waals surface area contributed by atoms with Crippen LogP contribution in [-0.2, 0) is 14.3 Å². The summed E-state index contributed by atoms with van der Waals surface area (Å²) in [6.45, 7) is 1.36. The summed E-state index contributed by atoms with van der Waals surface area (Å²) in [6, 6.07) is 11.0. The Hall–Kier alpha value is -4.55. The average molecular weight is 460 g/mol. The van der Waals surface area contributed by atoms with E-state index in [9.17, 15) is 34.9 Å². The molecular weight excluding hydrogens is 440 g/mol. The first-order chi connectivity index (χ1) is 15.7. The van der Waals surface area contributed by atoms with Crippen molar-refractivity contribution in [3.8, 4) is 0 Å². The van der Waals surface area contributed by atoms with Gasteiger partial charge >= 0.3 is 17.6 Å². The molecule has 0 heterocycles. The molecule has 1 unspecified atom stereocenters. The van der Waals surface area contributed by atoms with Crippen LogP contribution in [0, 0.1) is 26.1 Å². The van der Waals surface area contributed by atoms with Crippen molar-refractivity contribution in [2.45, 2.75) is 13.3 Å². The summed E-state index contributed by atoms with van der Waals surface area (Å²) >= 11 is 0. The fourth-order valence-corrected chi connectivity index (χ4v) is 2.63. The van der Waals surface area contributed by atoms with Crippen molar-refractivity contribution in [1.29, 1.82) is 0 Å². The normalized spacial score (nSPS) is 11.8. The number of carbonyl (C=O) groups excluding carboxylic acids is 1. The third kappa shape index (κ3) is 6.99. The van der Waals surface area contributed by atoms with Crippen molar-refractivity contribution in [3.05, 3.63) is 74.3 Å². The molecule has 13 nitrogen and oxygen atoms in total. The van der Waals surface area contributed by atoms with E-state index in [0.717, 1.165) is 18.2 Å². The zero-order valence-electron chi connectivity index (χ0n) is 17.4. The Balaban J connectivity index is 2.17. The van der Waals surface area contributed by atoms with E-state index in [1.54, 1.807) is 37.3 Å². The maximum absolute atomic E-state index is 12.0. The Bertz CT molecular complexity index is 1060. The smallest absolute Gasteiger partial charge is 0.338 e. The number of rotatable bonds is 11. The second kappa shape index (κ2) is 11.7. The summed E-state index contributed by atoms with van der Waals surface area (Å²) in [4.78, 5) is 44.3. The van der Waals surface area contributed by atoms with Crippen LogP contribution in [0.3, 0.4) is 0 Å². The summed E-state index contributed by atoms with van der Waals surface area (Å²) in [5, 5.41) is 35.5. The lowest BCUT2D eigenvalue weighted by Crippen LogP contribution is -2.29. The lowest BCUT2D eigenvalue weighted by molar-refractivity contribution is -0.393. The van der Waals surface area contributed by atoms with Crippen LogP contribution >= 0.6 is 0 Å². The van der Waals surface area contributed by atoms with Crippen LogP contribution in [0.25, 0.3) is 0 Å². The number of nitro benzene ring substituents is 2. The highest BCUT2D eigenvalue weighted by Gasteiger charge is 2.27. The van der Waals surface area contributed by atoms with Crippen LogP contribution in [0.4, 0.5) is 17.1 Å². The highest BCUT2D eigenvalue weighted by Crippen LogP contribution is 2.29. The molecule has 2 aromatic carbocycles. The molecule has 0 fully saturated rings. The van der Waals surface area contributed by atoms with Crippen molar-refractivity contribution in [3.63, 3.8) is 0 Å². The van der Waals surface area contributed by atoms with Crippen LogP contribution in [0.5, 0.6) is 0 Å².